The van der Waals surface area contributed by atoms with Crippen molar-refractivity contribution in [2.45, 2.75) is 6.42 Å². The molecule has 0 N–H and O–H groups in total. The van der Waals surface area contributed by atoms with Crippen molar-refractivity contribution in [2.24, 2.45) is 0 Å². The molecule has 0 nitrogen and oxygen atoms in total. The number of fused-ring (bicyclic) bond motifs is 3. The van der Waals surface area contributed by atoms with E-state index in [0.29, 0.717) is 0 Å². The molecule has 0 saturated heterocycles. The highest BCUT2D eigenvalue weighted by atomic mass is 79.9. The second-order valence-electron chi connectivity index (χ2n) is 5.19. The Morgan fingerprint density at radius 1 is 0.700 bits per heavy atom. The Labute approximate surface area is 127 Å². The third-order valence-corrected chi connectivity index (χ3v) is 4.63. The van der Waals surface area contributed by atoms with Gasteiger partial charge >= 0.3 is 0 Å². The molecule has 0 aromatic heterocycles. The van der Waals surface area contributed by atoms with Gasteiger partial charge in [0, 0.05) is 4.47 Å². The van der Waals surface area contributed by atoms with Crippen molar-refractivity contribution in [1.29, 1.82) is 0 Å². The Bertz CT molecular complexity index is 788. The van der Waals surface area contributed by atoms with Crippen LogP contribution >= 0.6 is 15.9 Å². The summed E-state index contributed by atoms with van der Waals surface area (Å²) >= 11 is 3.70. The minimum absolute atomic E-state index is 1.04. The Hall–Kier alpha value is -1.86. The third-order valence-electron chi connectivity index (χ3n) is 3.97. The van der Waals surface area contributed by atoms with Gasteiger partial charge in [-0.05, 0) is 51.9 Å². The SMILES string of the molecule is Brc1cccc2c1-c1cc(-c3ccccc3)ccc1C2. The van der Waals surface area contributed by atoms with Gasteiger partial charge in [0.2, 0.25) is 0 Å². The summed E-state index contributed by atoms with van der Waals surface area (Å²) in [6, 6.07) is 23.9. The van der Waals surface area contributed by atoms with Crippen molar-refractivity contribution >= 4 is 15.9 Å². The first-order valence-corrected chi connectivity index (χ1v) is 7.58. The van der Waals surface area contributed by atoms with E-state index >= 15 is 0 Å². The molecule has 0 unspecified atom stereocenters. The normalized spacial score (nSPS) is 12.1. The fourth-order valence-corrected chi connectivity index (χ4v) is 3.62. The maximum absolute atomic E-state index is 3.70. The van der Waals surface area contributed by atoms with E-state index < -0.39 is 0 Å². The van der Waals surface area contributed by atoms with Gasteiger partial charge in [-0.2, -0.15) is 0 Å². The van der Waals surface area contributed by atoms with Crippen molar-refractivity contribution in [3.05, 3.63) is 82.3 Å². The maximum atomic E-state index is 3.70. The third kappa shape index (κ3) is 1.82. The predicted molar refractivity (Wildman–Crippen MR) is 87.8 cm³/mol. The summed E-state index contributed by atoms with van der Waals surface area (Å²) in [5, 5.41) is 0. The molecule has 0 heterocycles. The van der Waals surface area contributed by atoms with Crippen molar-refractivity contribution in [3.8, 4) is 22.3 Å². The molecule has 3 aromatic rings. The van der Waals surface area contributed by atoms with Gasteiger partial charge in [-0.3, -0.25) is 0 Å². The Kier molecular flexibility index (Phi) is 2.75. The molecule has 4 rings (SSSR count). The van der Waals surface area contributed by atoms with E-state index in [-0.39, 0.29) is 0 Å². The molecular formula is C19H13Br. The molecule has 3 aromatic carbocycles. The lowest BCUT2D eigenvalue weighted by Gasteiger charge is -2.07. The first-order chi connectivity index (χ1) is 9.83. The molecule has 0 spiro atoms. The van der Waals surface area contributed by atoms with E-state index in [1.807, 2.05) is 0 Å². The fourth-order valence-electron chi connectivity index (χ4n) is 3.00. The summed E-state index contributed by atoms with van der Waals surface area (Å²) in [4.78, 5) is 0. The van der Waals surface area contributed by atoms with E-state index in [9.17, 15) is 0 Å². The molecule has 0 bridgehead atoms. The van der Waals surface area contributed by atoms with Crippen LogP contribution in [0.5, 0.6) is 0 Å². The van der Waals surface area contributed by atoms with Crippen LogP contribution in [0, 0.1) is 0 Å². The van der Waals surface area contributed by atoms with Gasteiger partial charge in [0.05, 0.1) is 0 Å². The minimum atomic E-state index is 1.04. The fraction of sp³-hybridized carbons (Fsp3) is 0.0526. The summed E-state index contributed by atoms with van der Waals surface area (Å²) in [5.41, 5.74) is 8.13. The summed E-state index contributed by atoms with van der Waals surface area (Å²) in [5.74, 6) is 0. The molecule has 0 aliphatic heterocycles. The molecule has 1 aliphatic rings. The van der Waals surface area contributed by atoms with Crippen LogP contribution in [0.2, 0.25) is 0 Å². The van der Waals surface area contributed by atoms with Crippen LogP contribution in [0.4, 0.5) is 0 Å². The zero-order valence-electron chi connectivity index (χ0n) is 10.9. The number of hydrogen-bond donors (Lipinski definition) is 0. The van der Waals surface area contributed by atoms with Crippen molar-refractivity contribution in [1.82, 2.24) is 0 Å². The Morgan fingerprint density at radius 2 is 1.55 bits per heavy atom. The average molecular weight is 321 g/mol. The van der Waals surface area contributed by atoms with Crippen LogP contribution in [0.3, 0.4) is 0 Å². The van der Waals surface area contributed by atoms with Crippen LogP contribution in [0.25, 0.3) is 22.3 Å². The monoisotopic (exact) mass is 320 g/mol. The molecule has 0 fully saturated rings. The molecule has 1 heteroatoms. The number of hydrogen-bond acceptors (Lipinski definition) is 0. The summed E-state index contributed by atoms with van der Waals surface area (Å²) in [6.45, 7) is 0. The van der Waals surface area contributed by atoms with Crippen LogP contribution in [-0.4, -0.2) is 0 Å². The smallest absolute Gasteiger partial charge is 0.0256 e. The van der Waals surface area contributed by atoms with Crippen molar-refractivity contribution < 1.29 is 0 Å². The van der Waals surface area contributed by atoms with E-state index in [2.05, 4.69) is 82.7 Å². The maximum Gasteiger partial charge on any atom is 0.0256 e. The first-order valence-electron chi connectivity index (χ1n) is 6.79. The highest BCUT2D eigenvalue weighted by molar-refractivity contribution is 9.10. The average Bonchev–Trinajstić information content (AvgIpc) is 2.87. The number of halogens is 1. The van der Waals surface area contributed by atoms with Gasteiger partial charge in [0.25, 0.3) is 0 Å². The van der Waals surface area contributed by atoms with E-state index in [4.69, 9.17) is 0 Å². The van der Waals surface area contributed by atoms with Gasteiger partial charge in [0.1, 0.15) is 0 Å². The second kappa shape index (κ2) is 4.60. The van der Waals surface area contributed by atoms with Crippen LogP contribution < -0.4 is 0 Å². The predicted octanol–water partition coefficient (Wildman–Crippen LogP) is 5.69. The van der Waals surface area contributed by atoms with E-state index in [0.717, 1.165) is 6.42 Å². The van der Waals surface area contributed by atoms with Crippen LogP contribution in [0.15, 0.2) is 71.2 Å². The molecule has 0 amide bonds. The Morgan fingerprint density at radius 3 is 2.40 bits per heavy atom. The largest absolute Gasteiger partial charge is 0.0622 e. The van der Waals surface area contributed by atoms with Gasteiger partial charge in [0.15, 0.2) is 0 Å². The first kappa shape index (κ1) is 11.9. The lowest BCUT2D eigenvalue weighted by molar-refractivity contribution is 1.26. The molecule has 96 valence electrons. The zero-order chi connectivity index (χ0) is 13.5. The Balaban J connectivity index is 1.92. The molecule has 0 radical (unpaired) electrons. The van der Waals surface area contributed by atoms with Gasteiger partial charge in [-0.15, -0.1) is 0 Å². The van der Waals surface area contributed by atoms with Crippen molar-refractivity contribution in [2.75, 3.05) is 0 Å². The topological polar surface area (TPSA) is 0 Å². The summed E-state index contributed by atoms with van der Waals surface area (Å²) < 4.78 is 1.19. The minimum Gasteiger partial charge on any atom is -0.0622 e. The molecule has 1 aliphatic carbocycles. The van der Waals surface area contributed by atoms with E-state index in [1.165, 1.54) is 37.9 Å². The highest BCUT2D eigenvalue weighted by Crippen LogP contribution is 2.42. The standard InChI is InChI=1S/C19H13Br/c20-18-8-4-7-16-11-15-10-9-14(12-17(15)19(16)18)13-5-2-1-3-6-13/h1-10,12H,11H2. The van der Waals surface area contributed by atoms with Crippen LogP contribution in [0.1, 0.15) is 11.1 Å². The summed E-state index contributed by atoms with van der Waals surface area (Å²) in [7, 11) is 0. The lowest BCUT2D eigenvalue weighted by atomic mass is 9.99. The lowest BCUT2D eigenvalue weighted by Crippen LogP contribution is -1.83. The number of rotatable bonds is 1. The molecule has 20 heavy (non-hydrogen) atoms. The molecule has 0 atom stereocenters. The highest BCUT2D eigenvalue weighted by Gasteiger charge is 2.20. The van der Waals surface area contributed by atoms with Gasteiger partial charge in [-0.25, -0.2) is 0 Å². The summed E-state index contributed by atoms with van der Waals surface area (Å²) in [6.07, 6.45) is 1.04. The van der Waals surface area contributed by atoms with Crippen LogP contribution in [-0.2, 0) is 6.42 Å². The molecular weight excluding hydrogens is 308 g/mol. The second-order valence-corrected chi connectivity index (χ2v) is 6.04. The van der Waals surface area contributed by atoms with Crippen molar-refractivity contribution in [3.63, 3.8) is 0 Å². The van der Waals surface area contributed by atoms with E-state index in [1.54, 1.807) is 0 Å². The van der Waals surface area contributed by atoms with Gasteiger partial charge in [-0.1, -0.05) is 70.5 Å². The zero-order valence-corrected chi connectivity index (χ0v) is 12.5. The molecule has 0 saturated carbocycles. The van der Waals surface area contributed by atoms with Gasteiger partial charge < -0.3 is 0 Å². The quantitative estimate of drug-likeness (QED) is 0.423. The number of benzene rings is 3.